The van der Waals surface area contributed by atoms with Gasteiger partial charge in [0.25, 0.3) is 5.91 Å². The maximum atomic E-state index is 13.3. The number of nitrogens with zero attached hydrogens (tertiary/aromatic N) is 1. The molecule has 34 heavy (non-hydrogen) atoms. The lowest BCUT2D eigenvalue weighted by molar-refractivity contribution is -0.135. The zero-order chi connectivity index (χ0) is 24.7. The third-order valence-electron chi connectivity index (χ3n) is 5.85. The van der Waals surface area contributed by atoms with Crippen molar-refractivity contribution in [3.05, 3.63) is 58.9 Å². The molecule has 3 amide bonds. The highest BCUT2D eigenvalue weighted by Gasteiger charge is 2.36. The maximum Gasteiger partial charge on any atom is 0.316 e. The second-order valence-electron chi connectivity index (χ2n) is 8.61. The van der Waals surface area contributed by atoms with Gasteiger partial charge in [0, 0.05) is 30.2 Å². The van der Waals surface area contributed by atoms with Gasteiger partial charge in [0.05, 0.1) is 11.8 Å². The summed E-state index contributed by atoms with van der Waals surface area (Å²) in [6, 6.07) is 10.3. The van der Waals surface area contributed by atoms with Gasteiger partial charge >= 0.3 is 6.03 Å². The number of rotatable bonds is 9. The molecule has 0 spiro atoms. The second-order valence-corrected chi connectivity index (χ2v) is 9.05. The summed E-state index contributed by atoms with van der Waals surface area (Å²) >= 11 is 5.96. The smallest absolute Gasteiger partial charge is 0.316 e. The van der Waals surface area contributed by atoms with Crippen molar-refractivity contribution >= 4 is 29.2 Å². The first-order chi connectivity index (χ1) is 16.2. The molecule has 0 bridgehead atoms. The number of anilines is 1. The number of aliphatic hydroxyl groups excluding tert-OH is 1. The van der Waals surface area contributed by atoms with Gasteiger partial charge in [-0.05, 0) is 62.1 Å². The van der Waals surface area contributed by atoms with Crippen LogP contribution in [0.4, 0.5) is 14.9 Å². The predicted octanol–water partition coefficient (Wildman–Crippen LogP) is 2.92. The lowest BCUT2D eigenvalue weighted by atomic mass is 9.81. The minimum absolute atomic E-state index is 0.189. The van der Waals surface area contributed by atoms with Gasteiger partial charge < -0.3 is 31.1 Å². The van der Waals surface area contributed by atoms with E-state index in [1.165, 1.54) is 18.2 Å². The van der Waals surface area contributed by atoms with Crippen molar-refractivity contribution in [3.63, 3.8) is 0 Å². The number of hydrogen-bond donors (Lipinski definition) is 4. The number of β-amino-alcohol motifs (C(OH)–C–C–N with tert-alkyl or cyclic N) is 1. The summed E-state index contributed by atoms with van der Waals surface area (Å²) in [5.41, 5.74) is 6.14. The summed E-state index contributed by atoms with van der Waals surface area (Å²) in [5, 5.41) is 16.1. The van der Waals surface area contributed by atoms with Crippen molar-refractivity contribution in [2.75, 3.05) is 31.6 Å². The molecule has 0 saturated carbocycles. The van der Waals surface area contributed by atoms with Crippen molar-refractivity contribution in [2.24, 2.45) is 5.73 Å². The second kappa shape index (κ2) is 11.5. The van der Waals surface area contributed by atoms with Crippen LogP contribution in [0.2, 0.25) is 5.02 Å². The Hall–Kier alpha value is -2.88. The van der Waals surface area contributed by atoms with Crippen molar-refractivity contribution < 1.29 is 23.8 Å². The fourth-order valence-electron chi connectivity index (χ4n) is 4.05. The molecule has 1 fully saturated rings. The van der Waals surface area contributed by atoms with Gasteiger partial charge in [0.2, 0.25) is 0 Å². The Bertz CT molecular complexity index is 995. The Morgan fingerprint density at radius 2 is 1.91 bits per heavy atom. The zero-order valence-electron chi connectivity index (χ0n) is 19.0. The van der Waals surface area contributed by atoms with Crippen molar-refractivity contribution in [2.45, 2.75) is 37.8 Å². The lowest BCUT2D eigenvalue weighted by Crippen LogP contribution is -2.57. The monoisotopic (exact) mass is 492 g/mol. The molecular formula is C24H30ClFN4O4. The van der Waals surface area contributed by atoms with Crippen LogP contribution >= 0.6 is 11.6 Å². The number of nitrogens with two attached hydrogens (primary N) is 1. The molecule has 1 heterocycles. The highest BCUT2D eigenvalue weighted by atomic mass is 35.5. The van der Waals surface area contributed by atoms with Crippen molar-refractivity contribution in [3.8, 4) is 5.75 Å². The number of carbonyl (C=O) groups is 2. The first kappa shape index (κ1) is 25.7. The van der Waals surface area contributed by atoms with E-state index in [0.717, 1.165) is 5.56 Å². The largest absolute Gasteiger partial charge is 0.482 e. The summed E-state index contributed by atoms with van der Waals surface area (Å²) < 4.78 is 19.0. The van der Waals surface area contributed by atoms with Gasteiger partial charge in [-0.3, -0.25) is 4.79 Å². The average Bonchev–Trinajstić information content (AvgIpc) is 2.79. The number of carbonyl (C=O) groups excluding carboxylic acids is 2. The predicted molar refractivity (Wildman–Crippen MR) is 128 cm³/mol. The molecule has 1 unspecified atom stereocenters. The minimum Gasteiger partial charge on any atom is -0.482 e. The third-order valence-corrected chi connectivity index (χ3v) is 6.09. The highest BCUT2D eigenvalue weighted by Crippen LogP contribution is 2.29. The van der Waals surface area contributed by atoms with Crippen LogP contribution < -0.4 is 21.1 Å². The summed E-state index contributed by atoms with van der Waals surface area (Å²) in [6.07, 6.45) is 1.47. The van der Waals surface area contributed by atoms with E-state index in [9.17, 15) is 19.1 Å². The van der Waals surface area contributed by atoms with Gasteiger partial charge in [-0.15, -0.1) is 0 Å². The number of aliphatic hydroxyl groups is 1. The molecule has 1 aliphatic heterocycles. The van der Waals surface area contributed by atoms with Crippen LogP contribution in [0.15, 0.2) is 42.5 Å². The summed E-state index contributed by atoms with van der Waals surface area (Å²) in [4.78, 5) is 25.8. The molecule has 3 rings (SSSR count). The number of nitrogens with one attached hydrogen (secondary N) is 2. The molecular weight excluding hydrogens is 463 g/mol. The summed E-state index contributed by atoms with van der Waals surface area (Å²) in [6.45, 7) is 2.94. The summed E-state index contributed by atoms with van der Waals surface area (Å²) in [7, 11) is 0. The summed E-state index contributed by atoms with van der Waals surface area (Å²) in [5.74, 6) is -0.186. The molecule has 5 N–H and O–H groups in total. The average molecular weight is 493 g/mol. The van der Waals surface area contributed by atoms with E-state index < -0.39 is 12.1 Å². The Kier molecular flexibility index (Phi) is 8.71. The van der Waals surface area contributed by atoms with E-state index in [-0.39, 0.29) is 35.3 Å². The lowest BCUT2D eigenvalue weighted by Gasteiger charge is -2.43. The molecule has 1 atom stereocenters. The molecule has 0 aromatic heterocycles. The highest BCUT2D eigenvalue weighted by molar-refractivity contribution is 6.31. The standard InChI is InChI=1S/C24H30ClFN4O4/c1-16(31)14-28-24(13-17-2-5-19(26)6-3-17)8-10-30(11-9-24)22(32)15-34-21-7-4-18(25)12-20(21)29-23(27)33/h2-7,12,16,28,31H,8-11,13-15H2,1H3,(H3,27,29,33). The quantitative estimate of drug-likeness (QED) is 0.429. The number of hydrogen-bond acceptors (Lipinski definition) is 5. The maximum absolute atomic E-state index is 13.3. The van der Waals surface area contributed by atoms with E-state index in [4.69, 9.17) is 22.1 Å². The Balaban J connectivity index is 1.61. The first-order valence-electron chi connectivity index (χ1n) is 11.1. The van der Waals surface area contributed by atoms with E-state index in [0.29, 0.717) is 43.9 Å². The molecule has 2 aromatic rings. The topological polar surface area (TPSA) is 117 Å². The molecule has 1 saturated heterocycles. The number of likely N-dealkylation sites (tertiary alicyclic amines) is 1. The van der Waals surface area contributed by atoms with Crippen molar-refractivity contribution in [1.82, 2.24) is 10.2 Å². The van der Waals surface area contributed by atoms with E-state index in [1.807, 2.05) is 0 Å². The van der Waals surface area contributed by atoms with Gasteiger partial charge in [-0.1, -0.05) is 23.7 Å². The molecule has 184 valence electrons. The third kappa shape index (κ3) is 7.31. The zero-order valence-corrected chi connectivity index (χ0v) is 19.8. The number of halogens is 2. The first-order valence-corrected chi connectivity index (χ1v) is 11.5. The Morgan fingerprint density at radius 3 is 2.53 bits per heavy atom. The normalized spacial score (nSPS) is 16.1. The molecule has 0 radical (unpaired) electrons. The van der Waals surface area contributed by atoms with Crippen molar-refractivity contribution in [1.29, 1.82) is 0 Å². The van der Waals surface area contributed by atoms with Gasteiger partial charge in [-0.25, -0.2) is 9.18 Å². The molecule has 8 nitrogen and oxygen atoms in total. The Labute approximate surface area is 203 Å². The van der Waals surface area contributed by atoms with Crippen LogP contribution in [0.5, 0.6) is 5.75 Å². The van der Waals surface area contributed by atoms with Crippen LogP contribution in [0.25, 0.3) is 0 Å². The molecule has 2 aromatic carbocycles. The fraction of sp³-hybridized carbons (Fsp3) is 0.417. The number of amides is 3. The van der Waals surface area contributed by atoms with Crippen LogP contribution in [0.1, 0.15) is 25.3 Å². The van der Waals surface area contributed by atoms with Crippen LogP contribution in [0, 0.1) is 5.82 Å². The fourth-order valence-corrected chi connectivity index (χ4v) is 4.22. The molecule has 1 aliphatic rings. The van der Waals surface area contributed by atoms with E-state index in [2.05, 4.69) is 10.6 Å². The Morgan fingerprint density at radius 1 is 1.24 bits per heavy atom. The number of urea groups is 1. The van der Waals surface area contributed by atoms with E-state index in [1.54, 1.807) is 36.1 Å². The van der Waals surface area contributed by atoms with Crippen LogP contribution in [-0.2, 0) is 11.2 Å². The molecule has 0 aliphatic carbocycles. The molecule has 10 heteroatoms. The SMILES string of the molecule is CC(O)CNC1(Cc2ccc(F)cc2)CCN(C(=O)COc2ccc(Cl)cc2NC(N)=O)CC1. The van der Waals surface area contributed by atoms with Gasteiger partial charge in [-0.2, -0.15) is 0 Å². The van der Waals surface area contributed by atoms with Gasteiger partial charge in [0.1, 0.15) is 11.6 Å². The minimum atomic E-state index is -0.767. The number of piperidine rings is 1. The van der Waals surface area contributed by atoms with Crippen LogP contribution in [0.3, 0.4) is 0 Å². The number of benzene rings is 2. The van der Waals surface area contributed by atoms with Crippen LogP contribution in [-0.4, -0.2) is 59.8 Å². The number of ether oxygens (including phenoxy) is 1. The van der Waals surface area contributed by atoms with E-state index >= 15 is 0 Å². The number of primary amides is 1. The van der Waals surface area contributed by atoms with Gasteiger partial charge in [0.15, 0.2) is 6.61 Å².